The van der Waals surface area contributed by atoms with Crippen molar-refractivity contribution in [2.45, 2.75) is 205 Å². The molecule has 0 bridgehead atoms. The SMILES string of the molecule is C.CC(=O)O[C@@H]1CC[C@@]2(C)[C@@H](C1)C[C@@H](OC(C)=O)[C@@H]1[C@@H]2C[C@H](OC(C)=O)[C@]2(C)[C@@H]([C@H](C)CCCn3nnc(S(=O)(=NS(=O)(=O)c4ccc(C)cc4)c4ccc(C)cc4)c3CCCCc3cn(-c4ccc(N5C(=O)[C@H](C)N(Cc6ccccc6)C5=O)cc4)nn3)CC[C@@H]12. The van der Waals surface area contributed by atoms with Crippen LogP contribution in [0, 0.1) is 60.2 Å². The topological polar surface area (TPSA) is 245 Å². The molecule has 492 valence electrons. The van der Waals surface area contributed by atoms with Crippen LogP contribution in [0.2, 0.25) is 0 Å². The highest BCUT2D eigenvalue weighted by Gasteiger charge is 2.68. The van der Waals surface area contributed by atoms with E-state index in [4.69, 9.17) is 14.2 Å². The molecule has 3 heterocycles. The zero-order valence-electron chi connectivity index (χ0n) is 53.6. The molecule has 2 aromatic heterocycles. The van der Waals surface area contributed by atoms with Gasteiger partial charge in [-0.05, 0) is 193 Å². The molecule has 4 aromatic carbocycles. The van der Waals surface area contributed by atoms with Crippen molar-refractivity contribution in [2.24, 2.45) is 50.1 Å². The number of unbranched alkanes of at least 4 members (excludes halogenated alkanes) is 1. The quantitative estimate of drug-likeness (QED) is 0.0281. The van der Waals surface area contributed by atoms with E-state index in [0.717, 1.165) is 48.8 Å². The van der Waals surface area contributed by atoms with Crippen LogP contribution in [-0.4, -0.2) is 102 Å². The Kier molecular flexibility index (Phi) is 19.9. The number of rotatable bonds is 21. The number of amides is 3. The zero-order chi connectivity index (χ0) is 64.7. The molecule has 3 amide bonds. The number of hydrogen-bond acceptors (Lipinski definition) is 15. The smallest absolute Gasteiger partial charge is 0.332 e. The first kappa shape index (κ1) is 67.3. The molecule has 1 saturated heterocycles. The highest BCUT2D eigenvalue weighted by Crippen LogP contribution is 2.69. The number of esters is 3. The molecule has 0 N–H and O–H groups in total. The second kappa shape index (κ2) is 27.2. The molecule has 20 nitrogen and oxygen atoms in total. The lowest BCUT2D eigenvalue weighted by Gasteiger charge is -2.64. The van der Waals surface area contributed by atoms with Crippen LogP contribution in [0.3, 0.4) is 0 Å². The third-order valence-electron chi connectivity index (χ3n) is 21.0. The molecule has 1 unspecified atom stereocenters. The van der Waals surface area contributed by atoms with Crippen LogP contribution in [-0.2, 0) is 79.1 Å². The van der Waals surface area contributed by atoms with Crippen molar-refractivity contribution in [2.75, 3.05) is 4.90 Å². The van der Waals surface area contributed by atoms with Gasteiger partial charge >= 0.3 is 23.9 Å². The van der Waals surface area contributed by atoms with Gasteiger partial charge in [-0.2, -0.15) is 8.42 Å². The summed E-state index contributed by atoms with van der Waals surface area (Å²) in [5.74, 6) is -0.519. The number of fused-ring (bicyclic) bond motifs is 5. The lowest BCUT2D eigenvalue weighted by Crippen LogP contribution is -2.63. The lowest BCUT2D eigenvalue weighted by atomic mass is 9.43. The molecule has 11 rings (SSSR count). The number of urea groups is 1. The summed E-state index contributed by atoms with van der Waals surface area (Å²) in [7, 11) is -8.50. The van der Waals surface area contributed by atoms with Crippen LogP contribution in [0.4, 0.5) is 10.5 Å². The van der Waals surface area contributed by atoms with E-state index in [1.54, 1.807) is 81.9 Å². The molecule has 4 saturated carbocycles. The van der Waals surface area contributed by atoms with Gasteiger partial charge in [-0.1, -0.05) is 108 Å². The van der Waals surface area contributed by atoms with Crippen LogP contribution >= 0.6 is 0 Å². The summed E-state index contributed by atoms with van der Waals surface area (Å²) in [4.78, 5) is 68.2. The van der Waals surface area contributed by atoms with Gasteiger partial charge in [0, 0.05) is 45.2 Å². The minimum atomic E-state index is -4.51. The highest BCUT2D eigenvalue weighted by molar-refractivity contribution is 8.03. The van der Waals surface area contributed by atoms with Gasteiger partial charge in [0.2, 0.25) is 0 Å². The number of carbonyl (C=O) groups is 5. The maximum atomic E-state index is 16.0. The molecule has 5 aliphatic rings. The minimum absolute atomic E-state index is 0. The average molecular weight is 1300 g/mol. The van der Waals surface area contributed by atoms with Crippen LogP contribution in [0.1, 0.15) is 155 Å². The molecule has 4 aliphatic carbocycles. The van der Waals surface area contributed by atoms with E-state index < -0.39 is 31.2 Å². The van der Waals surface area contributed by atoms with Crippen LogP contribution in [0.25, 0.3) is 5.69 Å². The molecule has 92 heavy (non-hydrogen) atoms. The molecule has 1 aliphatic heterocycles. The van der Waals surface area contributed by atoms with Crippen molar-refractivity contribution in [3.8, 4) is 5.69 Å². The van der Waals surface area contributed by atoms with E-state index in [0.29, 0.717) is 87.2 Å². The number of carbonyl (C=O) groups excluding carboxylic acids is 5. The number of ether oxygens (including phenoxy) is 3. The van der Waals surface area contributed by atoms with Crippen LogP contribution in [0.5, 0.6) is 0 Å². The van der Waals surface area contributed by atoms with Crippen molar-refractivity contribution in [3.05, 3.63) is 137 Å². The summed E-state index contributed by atoms with van der Waals surface area (Å²) in [5, 5.41) is 18.2. The number of aryl methyl sites for hydroxylation is 4. The van der Waals surface area contributed by atoms with E-state index in [-0.39, 0.29) is 111 Å². The van der Waals surface area contributed by atoms with Crippen molar-refractivity contribution in [1.29, 1.82) is 0 Å². The van der Waals surface area contributed by atoms with Crippen molar-refractivity contribution in [1.82, 2.24) is 34.9 Å². The van der Waals surface area contributed by atoms with Gasteiger partial charge in [0.15, 0.2) is 5.03 Å². The second-order valence-electron chi connectivity index (χ2n) is 26.8. The van der Waals surface area contributed by atoms with Gasteiger partial charge in [-0.15, -0.1) is 10.2 Å². The summed E-state index contributed by atoms with van der Waals surface area (Å²) in [6, 6.07) is 28.7. The standard InChI is InChI=1S/C69H85N9O11S2.CH4/c1-43-21-29-56(30-22-43)90(84,74-91(85,86)57-31-23-44(2)24-32-57)65-61(20-14-13-19-52-42-77(72-70-52)53-25-27-54(28-26-53)78-66(82)46(4)75(67(78)83)41-50-17-11-10-12-18-50)76(73-71-65)37-15-16-45(3)58-33-34-59-64-60(40-63(69(58,59)9)89-49(7)81)68(8)36-35-55(87-47(5)79)38-51(68)39-62(64)88-48(6)80;/h10-12,17-18,21-32,42,45-46,51,55,58-60,62-64H,13-16,19-20,33-41H2,1-9H3;1H4/t45-,46+,51+,55-,58-,59+,60+,62-,63+,64+,68+,69-,90?;/m1./s1. The average Bonchev–Trinajstić information content (AvgIpc) is 1.20. The molecule has 13 atom stereocenters. The normalized spacial score (nSPS) is 27.0. The fourth-order valence-corrected chi connectivity index (χ4v) is 20.4. The Morgan fingerprint density at radius 1 is 0.717 bits per heavy atom. The number of hydrogen-bond donors (Lipinski definition) is 0. The van der Waals surface area contributed by atoms with E-state index in [1.165, 1.54) is 37.8 Å². The van der Waals surface area contributed by atoms with Crippen molar-refractivity contribution < 1.29 is 50.8 Å². The Morgan fingerprint density at radius 2 is 1.36 bits per heavy atom. The zero-order valence-corrected chi connectivity index (χ0v) is 55.2. The van der Waals surface area contributed by atoms with Gasteiger partial charge < -0.3 is 19.1 Å². The molecule has 6 aromatic rings. The number of sulfonamides is 1. The molecular formula is C70H89N9O11S2. The summed E-state index contributed by atoms with van der Waals surface area (Å²) in [6.07, 6.45) is 9.77. The van der Waals surface area contributed by atoms with Gasteiger partial charge in [-0.25, -0.2) is 23.3 Å². The van der Waals surface area contributed by atoms with Gasteiger partial charge in [0.1, 0.15) is 34.1 Å². The van der Waals surface area contributed by atoms with Gasteiger partial charge in [-0.3, -0.25) is 19.2 Å². The Balaban J connectivity index is 0.00000927. The highest BCUT2D eigenvalue weighted by atomic mass is 32.3. The van der Waals surface area contributed by atoms with E-state index >= 15 is 4.21 Å². The molecule has 22 heteroatoms. The summed E-state index contributed by atoms with van der Waals surface area (Å²) in [6.45, 7) is 17.5. The number of nitrogens with zero attached hydrogens (tertiary/aromatic N) is 9. The number of anilines is 1. The monoisotopic (exact) mass is 1300 g/mol. The van der Waals surface area contributed by atoms with E-state index in [2.05, 4.69) is 45.2 Å². The molecular weight excluding hydrogens is 1210 g/mol. The maximum Gasteiger partial charge on any atom is 0.332 e. The van der Waals surface area contributed by atoms with Crippen molar-refractivity contribution in [3.63, 3.8) is 0 Å². The third kappa shape index (κ3) is 13.3. The first-order valence-corrected chi connectivity index (χ1v) is 35.1. The number of aromatic nitrogens is 6. The molecule has 0 spiro atoms. The predicted molar refractivity (Wildman–Crippen MR) is 347 cm³/mol. The molecule has 0 radical (unpaired) electrons. The Morgan fingerprint density at radius 3 is 2.02 bits per heavy atom. The fraction of sp³-hybridized carbons (Fsp3) is 0.529. The second-order valence-corrected chi connectivity index (χ2v) is 30.7. The first-order chi connectivity index (χ1) is 43.4. The van der Waals surface area contributed by atoms with Gasteiger partial charge in [0.05, 0.1) is 38.8 Å². The predicted octanol–water partition coefficient (Wildman–Crippen LogP) is 12.4. The largest absolute Gasteiger partial charge is 0.463 e. The molecule has 5 fully saturated rings. The summed E-state index contributed by atoms with van der Waals surface area (Å²) >= 11 is 0. The maximum absolute atomic E-state index is 16.0. The Bertz CT molecular complexity index is 3920. The lowest BCUT2D eigenvalue weighted by molar-refractivity contribution is -0.224. The Labute approximate surface area is 541 Å². The van der Waals surface area contributed by atoms with E-state index in [9.17, 15) is 32.4 Å². The van der Waals surface area contributed by atoms with Crippen LogP contribution in [0.15, 0.2) is 128 Å². The minimum Gasteiger partial charge on any atom is -0.463 e. The Hall–Kier alpha value is -7.59. The fourth-order valence-electron chi connectivity index (χ4n) is 16.5. The summed E-state index contributed by atoms with van der Waals surface area (Å²) < 4.78 is 70.9. The van der Waals surface area contributed by atoms with Gasteiger partial charge in [0.25, 0.3) is 15.9 Å². The number of benzene rings is 4. The number of imide groups is 1. The third-order valence-corrected chi connectivity index (χ3v) is 25.3. The summed E-state index contributed by atoms with van der Waals surface area (Å²) in [5.41, 5.74) is 4.45. The van der Waals surface area contributed by atoms with Crippen molar-refractivity contribution >= 4 is 55.3 Å². The van der Waals surface area contributed by atoms with E-state index in [1.807, 2.05) is 50.4 Å². The first-order valence-electron chi connectivity index (χ1n) is 32.2. The van der Waals surface area contributed by atoms with Crippen LogP contribution < -0.4 is 4.90 Å².